The minimum Gasteiger partial charge on any atom is -0.508 e. The Morgan fingerprint density at radius 2 is 1.65 bits per heavy atom. The fourth-order valence-corrected chi connectivity index (χ4v) is 2.50. The van der Waals surface area contributed by atoms with Gasteiger partial charge in [0.2, 0.25) is 0 Å². The summed E-state index contributed by atoms with van der Waals surface area (Å²) < 4.78 is 5.66. The molecule has 0 saturated heterocycles. The number of ether oxygens (including phenoxy) is 1. The Balaban J connectivity index is 1.95. The first-order valence-corrected chi connectivity index (χ1v) is 8.71. The van der Waals surface area contributed by atoms with Crippen LogP contribution < -0.4 is 4.74 Å². The van der Waals surface area contributed by atoms with Gasteiger partial charge in [-0.05, 0) is 30.2 Å². The van der Waals surface area contributed by atoms with Gasteiger partial charge >= 0.3 is 0 Å². The number of phenolic OH excluding ortho intramolecular Hbond substituents is 3. The summed E-state index contributed by atoms with van der Waals surface area (Å²) in [6.45, 7) is 2.86. The number of rotatable bonds is 9. The lowest BCUT2D eigenvalue weighted by Crippen LogP contribution is -1.97. The standard InChI is InChI=1S/C21H24O5/c1-2-3-4-5-12-26-17-9-6-15(7-10-17)8-11-18(23)21-19(24)13-16(22)14-20(21)25/h6-11,13-14,22,24-25H,2-5,12H2,1H3/b11-8+. The van der Waals surface area contributed by atoms with Gasteiger partial charge in [-0.3, -0.25) is 4.79 Å². The van der Waals surface area contributed by atoms with Gasteiger partial charge in [0, 0.05) is 12.1 Å². The molecule has 5 heteroatoms. The number of aromatic hydroxyl groups is 3. The molecule has 0 aromatic heterocycles. The number of unbranched alkanes of at least 4 members (excludes halogenated alkanes) is 3. The topological polar surface area (TPSA) is 87.0 Å². The first kappa shape index (κ1) is 19.4. The van der Waals surface area contributed by atoms with Crippen molar-refractivity contribution in [2.45, 2.75) is 32.6 Å². The fraction of sp³-hybridized carbons (Fsp3) is 0.286. The first-order valence-electron chi connectivity index (χ1n) is 8.71. The third kappa shape index (κ3) is 5.55. The second-order valence-corrected chi connectivity index (χ2v) is 6.03. The average molecular weight is 356 g/mol. The van der Waals surface area contributed by atoms with Crippen LogP contribution in [-0.2, 0) is 0 Å². The summed E-state index contributed by atoms with van der Waals surface area (Å²) >= 11 is 0. The number of carbonyl (C=O) groups is 1. The first-order chi connectivity index (χ1) is 12.5. The summed E-state index contributed by atoms with van der Waals surface area (Å²) in [5, 5.41) is 28.7. The second kappa shape index (κ2) is 9.51. The Bertz CT molecular complexity index is 739. The van der Waals surface area contributed by atoms with Gasteiger partial charge in [0.25, 0.3) is 0 Å². The smallest absolute Gasteiger partial charge is 0.193 e. The molecule has 0 atom stereocenters. The zero-order chi connectivity index (χ0) is 18.9. The SMILES string of the molecule is CCCCCCOc1ccc(/C=C/C(=O)c2c(O)cc(O)cc2O)cc1. The number of hydrogen-bond donors (Lipinski definition) is 3. The molecule has 3 N–H and O–H groups in total. The Kier molecular flexibility index (Phi) is 7.09. The number of carbonyl (C=O) groups excluding carboxylic acids is 1. The quantitative estimate of drug-likeness (QED) is 0.346. The predicted octanol–water partition coefficient (Wildman–Crippen LogP) is 4.66. The highest BCUT2D eigenvalue weighted by atomic mass is 16.5. The Morgan fingerprint density at radius 3 is 2.27 bits per heavy atom. The van der Waals surface area contributed by atoms with Crippen LogP contribution in [0.25, 0.3) is 6.08 Å². The molecule has 0 amide bonds. The maximum absolute atomic E-state index is 12.2. The summed E-state index contributed by atoms with van der Waals surface area (Å²) in [5.74, 6) is -1.03. The van der Waals surface area contributed by atoms with Gasteiger partial charge < -0.3 is 20.1 Å². The van der Waals surface area contributed by atoms with Crippen molar-refractivity contribution in [2.75, 3.05) is 6.61 Å². The number of benzene rings is 2. The highest BCUT2D eigenvalue weighted by Gasteiger charge is 2.15. The van der Waals surface area contributed by atoms with Crippen molar-refractivity contribution in [2.24, 2.45) is 0 Å². The van der Waals surface area contributed by atoms with Crippen LogP contribution in [0.15, 0.2) is 42.5 Å². The molecule has 0 bridgehead atoms. The lowest BCUT2D eigenvalue weighted by atomic mass is 10.1. The van der Waals surface area contributed by atoms with Gasteiger partial charge in [-0.25, -0.2) is 0 Å². The van der Waals surface area contributed by atoms with Crippen molar-refractivity contribution < 1.29 is 24.9 Å². The Labute approximate surface area is 153 Å². The van der Waals surface area contributed by atoms with Crippen molar-refractivity contribution in [1.82, 2.24) is 0 Å². The number of phenols is 3. The van der Waals surface area contributed by atoms with Gasteiger partial charge in [0.15, 0.2) is 5.78 Å². The summed E-state index contributed by atoms with van der Waals surface area (Å²) in [4.78, 5) is 12.2. The van der Waals surface area contributed by atoms with Crippen molar-refractivity contribution in [3.63, 3.8) is 0 Å². The van der Waals surface area contributed by atoms with Gasteiger partial charge in [-0.2, -0.15) is 0 Å². The summed E-state index contributed by atoms with van der Waals surface area (Å²) in [7, 11) is 0. The molecule has 0 aliphatic carbocycles. The van der Waals surface area contributed by atoms with Gasteiger partial charge in [-0.1, -0.05) is 44.4 Å². The minimum atomic E-state index is -0.559. The van der Waals surface area contributed by atoms with Crippen LogP contribution in [0, 0.1) is 0 Å². The van der Waals surface area contributed by atoms with Crippen LogP contribution in [0.1, 0.15) is 48.5 Å². The van der Waals surface area contributed by atoms with E-state index < -0.39 is 17.3 Å². The summed E-state index contributed by atoms with van der Waals surface area (Å²) in [6, 6.07) is 9.32. The molecule has 26 heavy (non-hydrogen) atoms. The van der Waals surface area contributed by atoms with E-state index in [0.717, 1.165) is 36.3 Å². The van der Waals surface area contributed by atoms with Crippen LogP contribution in [0.4, 0.5) is 0 Å². The molecule has 0 heterocycles. The highest BCUT2D eigenvalue weighted by Crippen LogP contribution is 2.32. The van der Waals surface area contributed by atoms with Crippen LogP contribution in [0.2, 0.25) is 0 Å². The highest BCUT2D eigenvalue weighted by molar-refractivity contribution is 6.10. The fourth-order valence-electron chi connectivity index (χ4n) is 2.50. The van der Waals surface area contributed by atoms with Crippen LogP contribution >= 0.6 is 0 Å². The van der Waals surface area contributed by atoms with Crippen LogP contribution in [-0.4, -0.2) is 27.7 Å². The van der Waals surface area contributed by atoms with E-state index in [1.54, 1.807) is 6.08 Å². The molecule has 2 aromatic rings. The van der Waals surface area contributed by atoms with Crippen LogP contribution in [0.3, 0.4) is 0 Å². The zero-order valence-corrected chi connectivity index (χ0v) is 14.8. The van der Waals surface area contributed by atoms with E-state index in [2.05, 4.69) is 6.92 Å². The number of hydrogen-bond acceptors (Lipinski definition) is 5. The molecule has 2 aromatic carbocycles. The van der Waals surface area contributed by atoms with E-state index in [4.69, 9.17) is 4.74 Å². The number of allylic oxidation sites excluding steroid dienone is 1. The van der Waals surface area contributed by atoms with Crippen LogP contribution in [0.5, 0.6) is 23.0 Å². The molecule has 138 valence electrons. The van der Waals surface area contributed by atoms with E-state index in [1.807, 2.05) is 24.3 Å². The molecule has 0 aliphatic rings. The molecular weight excluding hydrogens is 332 g/mol. The van der Waals surface area contributed by atoms with E-state index in [-0.39, 0.29) is 11.3 Å². The van der Waals surface area contributed by atoms with Crippen molar-refractivity contribution in [3.8, 4) is 23.0 Å². The Morgan fingerprint density at radius 1 is 1.00 bits per heavy atom. The van der Waals surface area contributed by atoms with E-state index in [9.17, 15) is 20.1 Å². The Hall–Kier alpha value is -2.95. The number of ketones is 1. The van der Waals surface area contributed by atoms with Gasteiger partial charge in [0.05, 0.1) is 6.61 Å². The minimum absolute atomic E-state index is 0.244. The predicted molar refractivity (Wildman–Crippen MR) is 101 cm³/mol. The van der Waals surface area contributed by atoms with Crippen molar-refractivity contribution in [3.05, 3.63) is 53.6 Å². The zero-order valence-electron chi connectivity index (χ0n) is 14.8. The van der Waals surface area contributed by atoms with Gasteiger partial charge in [0.1, 0.15) is 28.6 Å². The molecule has 0 aliphatic heterocycles. The monoisotopic (exact) mass is 356 g/mol. The lowest BCUT2D eigenvalue weighted by molar-refractivity contribution is 0.104. The van der Waals surface area contributed by atoms with E-state index >= 15 is 0 Å². The molecule has 0 spiro atoms. The van der Waals surface area contributed by atoms with E-state index in [1.165, 1.54) is 18.9 Å². The third-order valence-electron chi connectivity index (χ3n) is 3.90. The molecule has 0 fully saturated rings. The molecule has 5 nitrogen and oxygen atoms in total. The molecule has 0 radical (unpaired) electrons. The maximum Gasteiger partial charge on any atom is 0.193 e. The maximum atomic E-state index is 12.2. The molecule has 2 rings (SSSR count). The summed E-state index contributed by atoms with van der Waals surface area (Å²) in [6.07, 6.45) is 7.44. The molecule has 0 unspecified atom stereocenters. The van der Waals surface area contributed by atoms with E-state index in [0.29, 0.717) is 6.61 Å². The lowest BCUT2D eigenvalue weighted by Gasteiger charge is -2.06. The van der Waals surface area contributed by atoms with Crippen molar-refractivity contribution in [1.29, 1.82) is 0 Å². The van der Waals surface area contributed by atoms with Crippen molar-refractivity contribution >= 4 is 11.9 Å². The van der Waals surface area contributed by atoms with Gasteiger partial charge in [-0.15, -0.1) is 0 Å². The second-order valence-electron chi connectivity index (χ2n) is 6.03. The molecular formula is C21H24O5. The summed E-state index contributed by atoms with van der Waals surface area (Å²) in [5.41, 5.74) is 0.542. The average Bonchev–Trinajstić information content (AvgIpc) is 2.60. The third-order valence-corrected chi connectivity index (χ3v) is 3.90. The largest absolute Gasteiger partial charge is 0.508 e. The molecule has 0 saturated carbocycles. The normalized spacial score (nSPS) is 11.0.